The molecule has 0 unspecified atom stereocenters. The molecule has 0 aliphatic heterocycles. The SMILES string of the molecule is COc1cccc(Cc2nsc(Oc3cccc(C(=O)[O-])c3)n2)c1. The largest absolute Gasteiger partial charge is 0.545 e. The lowest BCUT2D eigenvalue weighted by Crippen LogP contribution is -2.21. The lowest BCUT2D eigenvalue weighted by molar-refractivity contribution is -0.255. The van der Waals surface area contributed by atoms with Gasteiger partial charge in [0.05, 0.1) is 13.1 Å². The number of ether oxygens (including phenoxy) is 2. The van der Waals surface area contributed by atoms with E-state index >= 15 is 0 Å². The molecule has 122 valence electrons. The average Bonchev–Trinajstić information content (AvgIpc) is 3.02. The second kappa shape index (κ2) is 7.10. The Bertz CT molecular complexity index is 863. The van der Waals surface area contributed by atoms with Crippen LogP contribution in [0.3, 0.4) is 0 Å². The van der Waals surface area contributed by atoms with Gasteiger partial charge in [-0.05, 0) is 29.8 Å². The number of carboxylic acid groups (broad SMARTS) is 1. The third-order valence-corrected chi connectivity index (χ3v) is 3.85. The molecule has 3 rings (SSSR count). The van der Waals surface area contributed by atoms with Crippen molar-refractivity contribution >= 4 is 17.5 Å². The number of methoxy groups -OCH3 is 1. The molecule has 6 nitrogen and oxygen atoms in total. The standard InChI is InChI=1S/C17H14N2O4S/c1-22-13-6-2-4-11(8-13)9-15-18-17(24-19-15)23-14-7-3-5-12(10-14)16(20)21/h2-8,10H,9H2,1H3,(H,20,21)/p-1. The fourth-order valence-corrected chi connectivity index (χ4v) is 2.67. The molecule has 0 aliphatic rings. The first kappa shape index (κ1) is 15.9. The molecule has 0 N–H and O–H groups in total. The van der Waals surface area contributed by atoms with Crippen LogP contribution in [0.15, 0.2) is 48.5 Å². The van der Waals surface area contributed by atoms with Crippen LogP contribution < -0.4 is 14.6 Å². The second-order valence-electron chi connectivity index (χ2n) is 4.92. The molecule has 0 saturated heterocycles. The highest BCUT2D eigenvalue weighted by Crippen LogP contribution is 2.25. The van der Waals surface area contributed by atoms with Crippen LogP contribution in [0.2, 0.25) is 0 Å². The highest BCUT2D eigenvalue weighted by atomic mass is 32.1. The smallest absolute Gasteiger partial charge is 0.298 e. The minimum absolute atomic E-state index is 0.0496. The van der Waals surface area contributed by atoms with Crippen molar-refractivity contribution in [3.8, 4) is 16.7 Å². The molecule has 24 heavy (non-hydrogen) atoms. The van der Waals surface area contributed by atoms with E-state index < -0.39 is 5.97 Å². The Kier molecular flexibility index (Phi) is 4.72. The Morgan fingerprint density at radius 2 is 1.96 bits per heavy atom. The molecule has 0 atom stereocenters. The summed E-state index contributed by atoms with van der Waals surface area (Å²) in [5, 5.41) is 11.2. The number of carbonyl (C=O) groups is 1. The molecular formula is C17H13N2O4S-. The summed E-state index contributed by atoms with van der Waals surface area (Å²) < 4.78 is 15.0. The summed E-state index contributed by atoms with van der Waals surface area (Å²) in [5.41, 5.74) is 1.08. The van der Waals surface area contributed by atoms with E-state index in [1.54, 1.807) is 19.2 Å². The van der Waals surface area contributed by atoms with Crippen molar-refractivity contribution in [1.29, 1.82) is 0 Å². The number of hydrogen-bond acceptors (Lipinski definition) is 7. The van der Waals surface area contributed by atoms with E-state index in [2.05, 4.69) is 9.36 Å². The molecule has 0 fully saturated rings. The Labute approximate surface area is 142 Å². The van der Waals surface area contributed by atoms with Crippen LogP contribution in [-0.2, 0) is 6.42 Å². The topological polar surface area (TPSA) is 84.4 Å². The van der Waals surface area contributed by atoms with Crippen LogP contribution >= 0.6 is 11.5 Å². The third kappa shape index (κ3) is 3.88. The van der Waals surface area contributed by atoms with E-state index in [0.717, 1.165) is 22.8 Å². The molecule has 3 aromatic rings. The first-order valence-electron chi connectivity index (χ1n) is 7.09. The van der Waals surface area contributed by atoms with Crippen LogP contribution in [0.25, 0.3) is 0 Å². The fourth-order valence-electron chi connectivity index (χ4n) is 2.10. The molecule has 0 aliphatic carbocycles. The number of aromatic carboxylic acids is 1. The molecule has 0 bridgehead atoms. The van der Waals surface area contributed by atoms with E-state index in [1.807, 2.05) is 24.3 Å². The van der Waals surface area contributed by atoms with E-state index in [-0.39, 0.29) is 5.56 Å². The maximum atomic E-state index is 10.9. The van der Waals surface area contributed by atoms with Gasteiger partial charge in [-0.3, -0.25) is 0 Å². The molecular weight excluding hydrogens is 328 g/mol. The van der Waals surface area contributed by atoms with Gasteiger partial charge in [0, 0.05) is 23.5 Å². The van der Waals surface area contributed by atoms with Crippen LogP contribution in [0.5, 0.6) is 16.7 Å². The Morgan fingerprint density at radius 3 is 2.75 bits per heavy atom. The van der Waals surface area contributed by atoms with Crippen molar-refractivity contribution in [2.24, 2.45) is 0 Å². The number of carbonyl (C=O) groups excluding carboxylic acids is 1. The Hall–Kier alpha value is -2.93. The second-order valence-corrected chi connectivity index (χ2v) is 5.64. The molecule has 0 spiro atoms. The van der Waals surface area contributed by atoms with Gasteiger partial charge in [0.2, 0.25) is 0 Å². The van der Waals surface area contributed by atoms with Gasteiger partial charge >= 0.3 is 0 Å². The first-order chi connectivity index (χ1) is 11.6. The fraction of sp³-hybridized carbons (Fsp3) is 0.118. The van der Waals surface area contributed by atoms with Crippen LogP contribution in [0.4, 0.5) is 0 Å². The van der Waals surface area contributed by atoms with Gasteiger partial charge in [-0.1, -0.05) is 24.3 Å². The average molecular weight is 341 g/mol. The maximum Gasteiger partial charge on any atom is 0.298 e. The van der Waals surface area contributed by atoms with Crippen molar-refractivity contribution in [3.05, 3.63) is 65.5 Å². The summed E-state index contributed by atoms with van der Waals surface area (Å²) in [4.78, 5) is 15.2. The van der Waals surface area contributed by atoms with E-state index in [4.69, 9.17) is 9.47 Å². The van der Waals surface area contributed by atoms with Crippen LogP contribution in [0.1, 0.15) is 21.7 Å². The van der Waals surface area contributed by atoms with Gasteiger partial charge in [0.1, 0.15) is 11.5 Å². The van der Waals surface area contributed by atoms with Gasteiger partial charge in [-0.15, -0.1) is 0 Å². The van der Waals surface area contributed by atoms with Gasteiger partial charge in [-0.2, -0.15) is 9.36 Å². The van der Waals surface area contributed by atoms with Gasteiger partial charge < -0.3 is 19.4 Å². The molecule has 7 heteroatoms. The highest BCUT2D eigenvalue weighted by molar-refractivity contribution is 7.07. The van der Waals surface area contributed by atoms with E-state index in [0.29, 0.717) is 23.2 Å². The monoisotopic (exact) mass is 341 g/mol. The van der Waals surface area contributed by atoms with Crippen LogP contribution in [0, 0.1) is 0 Å². The van der Waals surface area contributed by atoms with Gasteiger partial charge in [0.15, 0.2) is 5.82 Å². The summed E-state index contributed by atoms with van der Waals surface area (Å²) in [7, 11) is 1.62. The Morgan fingerprint density at radius 1 is 1.17 bits per heavy atom. The predicted molar refractivity (Wildman–Crippen MR) is 86.6 cm³/mol. The zero-order valence-corrected chi connectivity index (χ0v) is 13.6. The number of rotatable bonds is 6. The van der Waals surface area contributed by atoms with Crippen molar-refractivity contribution in [2.45, 2.75) is 6.42 Å². The van der Waals surface area contributed by atoms with E-state index in [1.165, 1.54) is 12.1 Å². The van der Waals surface area contributed by atoms with Crippen LogP contribution in [-0.4, -0.2) is 22.4 Å². The molecule has 0 saturated carbocycles. The van der Waals surface area contributed by atoms with Crippen molar-refractivity contribution in [2.75, 3.05) is 7.11 Å². The van der Waals surface area contributed by atoms with Gasteiger partial charge in [0.25, 0.3) is 5.19 Å². The molecule has 2 aromatic carbocycles. The number of benzene rings is 2. The lowest BCUT2D eigenvalue weighted by Gasteiger charge is -2.05. The summed E-state index contributed by atoms with van der Waals surface area (Å²) in [6.07, 6.45) is 0.552. The summed E-state index contributed by atoms with van der Waals surface area (Å²) in [6, 6.07) is 13.7. The number of hydrogen-bond donors (Lipinski definition) is 0. The summed E-state index contributed by atoms with van der Waals surface area (Å²) in [5.74, 6) is 0.523. The summed E-state index contributed by atoms with van der Waals surface area (Å²) in [6.45, 7) is 0. The summed E-state index contributed by atoms with van der Waals surface area (Å²) >= 11 is 1.11. The number of carboxylic acids is 1. The number of aromatic nitrogens is 2. The van der Waals surface area contributed by atoms with Gasteiger partial charge in [-0.25, -0.2) is 0 Å². The molecule has 1 heterocycles. The molecule has 0 radical (unpaired) electrons. The molecule has 0 amide bonds. The van der Waals surface area contributed by atoms with Crippen molar-refractivity contribution in [3.63, 3.8) is 0 Å². The lowest BCUT2D eigenvalue weighted by atomic mass is 10.1. The van der Waals surface area contributed by atoms with Crippen molar-refractivity contribution < 1.29 is 19.4 Å². The minimum atomic E-state index is -1.25. The zero-order valence-electron chi connectivity index (χ0n) is 12.8. The highest BCUT2D eigenvalue weighted by Gasteiger charge is 2.08. The third-order valence-electron chi connectivity index (χ3n) is 3.22. The Balaban J connectivity index is 1.71. The quantitative estimate of drug-likeness (QED) is 0.684. The van der Waals surface area contributed by atoms with E-state index in [9.17, 15) is 9.90 Å². The predicted octanol–water partition coefficient (Wildman–Crippen LogP) is 2.29. The number of nitrogens with zero attached hydrogens (tertiary/aromatic N) is 2. The maximum absolute atomic E-state index is 10.9. The first-order valence-corrected chi connectivity index (χ1v) is 7.86. The zero-order chi connectivity index (χ0) is 16.9. The minimum Gasteiger partial charge on any atom is -0.545 e. The van der Waals surface area contributed by atoms with Crippen molar-refractivity contribution in [1.82, 2.24) is 9.36 Å². The molecule has 1 aromatic heterocycles. The normalized spacial score (nSPS) is 10.4.